The van der Waals surface area contributed by atoms with Crippen LogP contribution in [0, 0.1) is 5.92 Å². The number of rotatable bonds is 3. The molecule has 20 heavy (non-hydrogen) atoms. The van der Waals surface area contributed by atoms with E-state index in [-0.39, 0.29) is 11.3 Å². The molecule has 1 aromatic rings. The highest BCUT2D eigenvalue weighted by molar-refractivity contribution is 8.00. The fraction of sp³-hybridized carbons (Fsp3) is 0.429. The Hall–Kier alpha value is -1.20. The summed E-state index contributed by atoms with van der Waals surface area (Å²) in [7, 11) is 0. The number of halogens is 1. The van der Waals surface area contributed by atoms with E-state index in [1.807, 2.05) is 0 Å². The van der Waals surface area contributed by atoms with Crippen molar-refractivity contribution in [3.05, 3.63) is 34.9 Å². The van der Waals surface area contributed by atoms with E-state index >= 15 is 0 Å². The first-order valence-corrected chi connectivity index (χ1v) is 7.93. The van der Waals surface area contributed by atoms with Gasteiger partial charge in [-0.05, 0) is 43.0 Å². The predicted molar refractivity (Wildman–Crippen MR) is 78.0 cm³/mol. The first-order chi connectivity index (χ1) is 9.58. The molecule has 2 fully saturated rings. The fourth-order valence-electron chi connectivity index (χ4n) is 2.46. The number of aliphatic carboxylic acids is 1. The average molecular weight is 312 g/mol. The van der Waals surface area contributed by atoms with Crippen molar-refractivity contribution < 1.29 is 14.7 Å². The van der Waals surface area contributed by atoms with Gasteiger partial charge < -0.3 is 10.0 Å². The second-order valence-corrected chi connectivity index (χ2v) is 6.72. The van der Waals surface area contributed by atoms with Crippen LogP contribution in [-0.2, 0) is 4.79 Å². The largest absolute Gasteiger partial charge is 0.480 e. The summed E-state index contributed by atoms with van der Waals surface area (Å²) in [4.78, 5) is 25.5. The van der Waals surface area contributed by atoms with Crippen LogP contribution in [0.2, 0.25) is 5.02 Å². The van der Waals surface area contributed by atoms with E-state index in [0.717, 1.165) is 12.8 Å². The molecule has 0 aromatic heterocycles. The lowest BCUT2D eigenvalue weighted by atomic mass is 10.1. The minimum absolute atomic E-state index is 0.000668. The van der Waals surface area contributed by atoms with Crippen molar-refractivity contribution in [2.75, 3.05) is 5.75 Å². The number of carboxylic acids is 1. The Morgan fingerprint density at radius 3 is 2.45 bits per heavy atom. The number of hydrogen-bond acceptors (Lipinski definition) is 3. The SMILES string of the molecule is O=C(O)C1CSC(C2CC2)N1C(=O)c1ccc(Cl)cc1. The van der Waals surface area contributed by atoms with Gasteiger partial charge in [-0.15, -0.1) is 11.8 Å². The molecule has 1 N–H and O–H groups in total. The summed E-state index contributed by atoms with van der Waals surface area (Å²) in [6.45, 7) is 0. The van der Waals surface area contributed by atoms with Gasteiger partial charge in [0.2, 0.25) is 0 Å². The number of amides is 1. The average Bonchev–Trinajstić information content (AvgIpc) is 3.17. The van der Waals surface area contributed by atoms with Crippen molar-refractivity contribution in [2.45, 2.75) is 24.3 Å². The lowest BCUT2D eigenvalue weighted by molar-refractivity contribution is -0.141. The molecule has 1 aliphatic heterocycles. The first-order valence-electron chi connectivity index (χ1n) is 6.50. The molecule has 0 bridgehead atoms. The van der Waals surface area contributed by atoms with Crippen LogP contribution in [-0.4, -0.2) is 39.1 Å². The van der Waals surface area contributed by atoms with Crippen molar-refractivity contribution >= 4 is 35.2 Å². The molecular weight excluding hydrogens is 298 g/mol. The quantitative estimate of drug-likeness (QED) is 0.932. The zero-order valence-corrected chi connectivity index (χ0v) is 12.2. The predicted octanol–water partition coefficient (Wildman–Crippen LogP) is 2.72. The second-order valence-electron chi connectivity index (χ2n) is 5.13. The van der Waals surface area contributed by atoms with E-state index in [9.17, 15) is 14.7 Å². The standard InChI is InChI=1S/C14H14ClNO3S/c15-10-5-3-8(4-6-10)12(17)16-11(14(18)19)7-20-13(16)9-1-2-9/h3-6,9,11,13H,1-2,7H2,(H,18,19). The van der Waals surface area contributed by atoms with Gasteiger partial charge in [-0.2, -0.15) is 0 Å². The third-order valence-electron chi connectivity index (χ3n) is 3.67. The molecule has 4 nitrogen and oxygen atoms in total. The molecule has 6 heteroatoms. The Morgan fingerprint density at radius 1 is 1.25 bits per heavy atom. The minimum atomic E-state index is -0.928. The molecule has 1 amide bonds. The van der Waals surface area contributed by atoms with Crippen molar-refractivity contribution in [2.24, 2.45) is 5.92 Å². The molecule has 1 saturated heterocycles. The Morgan fingerprint density at radius 2 is 1.90 bits per heavy atom. The van der Waals surface area contributed by atoms with Crippen molar-refractivity contribution in [3.63, 3.8) is 0 Å². The van der Waals surface area contributed by atoms with Crippen molar-refractivity contribution in [1.29, 1.82) is 0 Å². The molecule has 2 unspecified atom stereocenters. The van der Waals surface area contributed by atoms with Crippen molar-refractivity contribution in [1.82, 2.24) is 4.90 Å². The number of carbonyl (C=O) groups excluding carboxylic acids is 1. The van der Waals surface area contributed by atoms with Crippen LogP contribution in [0.4, 0.5) is 0 Å². The highest BCUT2D eigenvalue weighted by Crippen LogP contribution is 2.45. The Labute approximate surface area is 126 Å². The van der Waals surface area contributed by atoms with E-state index in [4.69, 9.17) is 11.6 Å². The summed E-state index contributed by atoms with van der Waals surface area (Å²) in [6, 6.07) is 5.88. The Bertz CT molecular complexity index is 544. The van der Waals surface area contributed by atoms with Gasteiger partial charge in [0.15, 0.2) is 0 Å². The summed E-state index contributed by atoms with van der Waals surface area (Å²) in [5, 5.41) is 9.88. The summed E-state index contributed by atoms with van der Waals surface area (Å²) < 4.78 is 0. The summed E-state index contributed by atoms with van der Waals surface area (Å²) in [5.41, 5.74) is 0.494. The Kier molecular flexibility index (Phi) is 3.65. The summed E-state index contributed by atoms with van der Waals surface area (Å²) in [5.74, 6) is -0.227. The van der Waals surface area contributed by atoms with Crippen LogP contribution in [0.15, 0.2) is 24.3 Å². The van der Waals surface area contributed by atoms with Crippen LogP contribution < -0.4 is 0 Å². The zero-order valence-electron chi connectivity index (χ0n) is 10.7. The monoisotopic (exact) mass is 311 g/mol. The second kappa shape index (κ2) is 5.30. The molecule has 106 valence electrons. The van der Waals surface area contributed by atoms with Crippen LogP contribution in [0.5, 0.6) is 0 Å². The molecule has 1 aromatic carbocycles. The number of carboxylic acid groups (broad SMARTS) is 1. The third kappa shape index (κ3) is 2.52. The number of hydrogen-bond donors (Lipinski definition) is 1. The van der Waals surface area contributed by atoms with Gasteiger partial charge in [0, 0.05) is 16.3 Å². The van der Waals surface area contributed by atoms with Crippen molar-refractivity contribution in [3.8, 4) is 0 Å². The zero-order chi connectivity index (χ0) is 14.3. The van der Waals surface area contributed by atoms with Crippen LogP contribution in [0.1, 0.15) is 23.2 Å². The van der Waals surface area contributed by atoms with E-state index in [2.05, 4.69) is 0 Å². The minimum Gasteiger partial charge on any atom is -0.480 e. The van der Waals surface area contributed by atoms with Gasteiger partial charge in [0.05, 0.1) is 5.37 Å². The number of thioether (sulfide) groups is 1. The van der Waals surface area contributed by atoms with Gasteiger partial charge in [-0.1, -0.05) is 11.6 Å². The molecule has 1 saturated carbocycles. The van der Waals surface area contributed by atoms with E-state index in [0.29, 0.717) is 22.3 Å². The van der Waals surface area contributed by atoms with Crippen LogP contribution >= 0.6 is 23.4 Å². The fourth-order valence-corrected chi connectivity index (χ4v) is 4.22. The molecule has 1 aliphatic carbocycles. The van der Waals surface area contributed by atoms with Gasteiger partial charge in [0.25, 0.3) is 5.91 Å². The maximum atomic E-state index is 12.6. The lowest BCUT2D eigenvalue weighted by Gasteiger charge is -2.27. The normalized spacial score (nSPS) is 25.8. The summed E-state index contributed by atoms with van der Waals surface area (Å²) in [6.07, 6.45) is 2.16. The van der Waals surface area contributed by atoms with E-state index < -0.39 is 12.0 Å². The molecule has 0 spiro atoms. The maximum absolute atomic E-state index is 12.6. The molecule has 0 radical (unpaired) electrons. The van der Waals surface area contributed by atoms with Gasteiger partial charge >= 0.3 is 5.97 Å². The van der Waals surface area contributed by atoms with Gasteiger partial charge in [-0.3, -0.25) is 4.79 Å². The molecule has 2 atom stereocenters. The molecule has 3 rings (SSSR count). The van der Waals surface area contributed by atoms with Gasteiger partial charge in [-0.25, -0.2) is 4.79 Å². The topological polar surface area (TPSA) is 57.6 Å². The van der Waals surface area contributed by atoms with E-state index in [1.54, 1.807) is 40.9 Å². The third-order valence-corrected chi connectivity index (χ3v) is 5.38. The molecular formula is C14H14ClNO3S. The van der Waals surface area contributed by atoms with E-state index in [1.165, 1.54) is 0 Å². The smallest absolute Gasteiger partial charge is 0.327 e. The summed E-state index contributed by atoms with van der Waals surface area (Å²) >= 11 is 7.40. The Balaban J connectivity index is 1.88. The van der Waals surface area contributed by atoms with Gasteiger partial charge in [0.1, 0.15) is 6.04 Å². The van der Waals surface area contributed by atoms with Crippen LogP contribution in [0.3, 0.4) is 0 Å². The highest BCUT2D eigenvalue weighted by atomic mass is 35.5. The number of carbonyl (C=O) groups is 2. The highest BCUT2D eigenvalue weighted by Gasteiger charge is 2.48. The molecule has 2 aliphatic rings. The molecule has 1 heterocycles. The number of benzene rings is 1. The van der Waals surface area contributed by atoms with Crippen LogP contribution in [0.25, 0.3) is 0 Å². The number of nitrogens with zero attached hydrogens (tertiary/aromatic N) is 1. The lowest BCUT2D eigenvalue weighted by Crippen LogP contribution is -2.46. The maximum Gasteiger partial charge on any atom is 0.327 e. The first kappa shape index (κ1) is 13.8.